The Morgan fingerprint density at radius 2 is 1.95 bits per heavy atom. The van der Waals surface area contributed by atoms with Crippen molar-refractivity contribution in [3.05, 3.63) is 29.8 Å². The van der Waals surface area contributed by atoms with Gasteiger partial charge in [-0.15, -0.1) is 12.4 Å². The molecule has 1 aliphatic heterocycles. The van der Waals surface area contributed by atoms with Crippen LogP contribution in [0.25, 0.3) is 0 Å². The Balaban J connectivity index is 0.00000180. The van der Waals surface area contributed by atoms with Gasteiger partial charge in [-0.05, 0) is 37.8 Å². The van der Waals surface area contributed by atoms with Crippen molar-refractivity contribution in [3.8, 4) is 0 Å². The quantitative estimate of drug-likeness (QED) is 0.907. The first-order valence-corrected chi connectivity index (χ1v) is 6.76. The van der Waals surface area contributed by atoms with Crippen molar-refractivity contribution in [2.45, 2.75) is 39.2 Å². The highest BCUT2D eigenvalue weighted by Crippen LogP contribution is 2.27. The Morgan fingerprint density at radius 1 is 1.26 bits per heavy atom. The number of rotatable bonds is 2. The summed E-state index contributed by atoms with van der Waals surface area (Å²) >= 11 is 0. The summed E-state index contributed by atoms with van der Waals surface area (Å²) in [5.41, 5.74) is 8.21. The fraction of sp³-hybridized carbons (Fsp3) is 0.533. The van der Waals surface area contributed by atoms with Gasteiger partial charge in [-0.3, -0.25) is 4.79 Å². The van der Waals surface area contributed by atoms with Crippen molar-refractivity contribution in [2.75, 3.05) is 11.4 Å². The molecule has 1 aromatic carbocycles. The smallest absolute Gasteiger partial charge is 0.231 e. The summed E-state index contributed by atoms with van der Waals surface area (Å²) in [4.78, 5) is 14.4. The van der Waals surface area contributed by atoms with Gasteiger partial charge in [0.1, 0.15) is 0 Å². The second-order valence-corrected chi connectivity index (χ2v) is 5.22. The lowest BCUT2D eigenvalue weighted by atomic mass is 10.0. The van der Waals surface area contributed by atoms with Gasteiger partial charge in [0.2, 0.25) is 5.91 Å². The van der Waals surface area contributed by atoms with Crippen LogP contribution in [0.5, 0.6) is 0 Å². The van der Waals surface area contributed by atoms with Gasteiger partial charge < -0.3 is 10.6 Å². The number of aryl methyl sites for hydroxylation is 1. The highest BCUT2D eigenvalue weighted by molar-refractivity contribution is 5.96. The number of para-hydroxylation sites is 1. The summed E-state index contributed by atoms with van der Waals surface area (Å²) in [6.45, 7) is 4.62. The zero-order valence-corrected chi connectivity index (χ0v) is 12.5. The van der Waals surface area contributed by atoms with E-state index in [0.717, 1.165) is 31.5 Å². The Kier molecular flexibility index (Phi) is 5.83. The Hall–Kier alpha value is -1.06. The molecule has 2 atom stereocenters. The molecule has 0 saturated carbocycles. The van der Waals surface area contributed by atoms with Crippen LogP contribution in [0.2, 0.25) is 0 Å². The van der Waals surface area contributed by atoms with Gasteiger partial charge in [0.05, 0.1) is 5.92 Å². The molecule has 0 radical (unpaired) electrons. The van der Waals surface area contributed by atoms with Crippen LogP contribution in [-0.2, 0) is 11.2 Å². The number of hydrogen-bond donors (Lipinski definition) is 1. The van der Waals surface area contributed by atoms with E-state index < -0.39 is 0 Å². The molecule has 1 amide bonds. The Morgan fingerprint density at radius 3 is 2.63 bits per heavy atom. The van der Waals surface area contributed by atoms with Gasteiger partial charge >= 0.3 is 0 Å². The molecule has 0 saturated heterocycles. The fourth-order valence-corrected chi connectivity index (χ4v) is 2.39. The predicted molar refractivity (Wildman–Crippen MR) is 81.8 cm³/mol. The summed E-state index contributed by atoms with van der Waals surface area (Å²) in [6, 6.07) is 8.11. The van der Waals surface area contributed by atoms with E-state index >= 15 is 0 Å². The highest BCUT2D eigenvalue weighted by Gasteiger charge is 2.26. The van der Waals surface area contributed by atoms with Gasteiger partial charge in [-0.2, -0.15) is 0 Å². The molecule has 0 aliphatic carbocycles. The Bertz CT molecular complexity index is 434. The largest absolute Gasteiger partial charge is 0.327 e. The summed E-state index contributed by atoms with van der Waals surface area (Å²) in [5.74, 6) is 0.0236. The number of hydrogen-bond acceptors (Lipinski definition) is 2. The van der Waals surface area contributed by atoms with Crippen LogP contribution in [0.1, 0.15) is 32.3 Å². The normalized spacial score (nSPS) is 17.7. The summed E-state index contributed by atoms with van der Waals surface area (Å²) in [7, 11) is 0. The minimum Gasteiger partial charge on any atom is -0.327 e. The van der Waals surface area contributed by atoms with Gasteiger partial charge in [0.15, 0.2) is 0 Å². The van der Waals surface area contributed by atoms with Crippen LogP contribution in [0.4, 0.5) is 5.69 Å². The third kappa shape index (κ3) is 3.48. The van der Waals surface area contributed by atoms with Crippen molar-refractivity contribution in [1.29, 1.82) is 0 Å². The second-order valence-electron chi connectivity index (χ2n) is 5.22. The van der Waals surface area contributed by atoms with Crippen molar-refractivity contribution >= 4 is 24.0 Å². The average Bonchev–Trinajstić information content (AvgIpc) is 2.59. The first-order chi connectivity index (χ1) is 8.61. The minimum absolute atomic E-state index is 0. The minimum atomic E-state index is -0.129. The molecule has 19 heavy (non-hydrogen) atoms. The number of amides is 1. The van der Waals surface area contributed by atoms with E-state index in [4.69, 9.17) is 5.73 Å². The number of halogens is 1. The van der Waals surface area contributed by atoms with Gasteiger partial charge in [0.25, 0.3) is 0 Å². The fourth-order valence-electron chi connectivity index (χ4n) is 2.39. The maximum atomic E-state index is 12.5. The van der Waals surface area contributed by atoms with Crippen LogP contribution in [0.3, 0.4) is 0 Å². The van der Waals surface area contributed by atoms with Gasteiger partial charge in [-0.25, -0.2) is 0 Å². The lowest BCUT2D eigenvalue weighted by molar-refractivity contribution is -0.122. The van der Waals surface area contributed by atoms with Crippen molar-refractivity contribution in [3.63, 3.8) is 0 Å². The molecular formula is C15H23ClN2O. The molecule has 2 N–H and O–H groups in total. The van der Waals surface area contributed by atoms with Crippen LogP contribution in [-0.4, -0.2) is 18.5 Å². The van der Waals surface area contributed by atoms with Crippen LogP contribution in [0, 0.1) is 5.92 Å². The van der Waals surface area contributed by atoms with Crippen molar-refractivity contribution in [2.24, 2.45) is 11.7 Å². The van der Waals surface area contributed by atoms with E-state index in [-0.39, 0.29) is 30.3 Å². The molecule has 2 rings (SSSR count). The lowest BCUT2D eigenvalue weighted by Gasteiger charge is -2.27. The SMILES string of the molecule is CC(N)C(C)C(=O)N1CCCCc2ccccc21.Cl. The number of carbonyl (C=O) groups is 1. The van der Waals surface area contributed by atoms with E-state index in [9.17, 15) is 4.79 Å². The third-order valence-electron chi connectivity index (χ3n) is 3.80. The topological polar surface area (TPSA) is 46.3 Å². The van der Waals surface area contributed by atoms with E-state index in [0.29, 0.717) is 0 Å². The van der Waals surface area contributed by atoms with E-state index in [1.165, 1.54) is 5.56 Å². The number of nitrogens with zero attached hydrogens (tertiary/aromatic N) is 1. The molecule has 3 nitrogen and oxygen atoms in total. The molecule has 2 unspecified atom stereocenters. The van der Waals surface area contributed by atoms with Crippen LogP contribution >= 0.6 is 12.4 Å². The molecule has 1 heterocycles. The molecule has 0 spiro atoms. The zero-order chi connectivity index (χ0) is 13.1. The third-order valence-corrected chi connectivity index (χ3v) is 3.80. The molecule has 0 fully saturated rings. The van der Waals surface area contributed by atoms with E-state index in [1.807, 2.05) is 36.9 Å². The summed E-state index contributed by atoms with van der Waals surface area (Å²) in [5, 5.41) is 0. The number of nitrogens with two attached hydrogens (primary N) is 1. The molecule has 0 bridgehead atoms. The van der Waals surface area contributed by atoms with Crippen molar-refractivity contribution < 1.29 is 4.79 Å². The van der Waals surface area contributed by atoms with Crippen molar-refractivity contribution in [1.82, 2.24) is 0 Å². The molecule has 106 valence electrons. The molecule has 4 heteroatoms. The standard InChI is InChI=1S/C15H22N2O.ClH/c1-11(12(2)16)15(18)17-10-6-5-8-13-7-3-4-9-14(13)17;/h3-4,7,9,11-12H,5-6,8,10,16H2,1-2H3;1H. The molecule has 1 aliphatic rings. The number of anilines is 1. The second kappa shape index (κ2) is 6.92. The van der Waals surface area contributed by atoms with Crippen LogP contribution in [0.15, 0.2) is 24.3 Å². The maximum absolute atomic E-state index is 12.5. The number of benzene rings is 1. The average molecular weight is 283 g/mol. The maximum Gasteiger partial charge on any atom is 0.231 e. The molecule has 1 aromatic rings. The molecule has 0 aromatic heterocycles. The first-order valence-electron chi connectivity index (χ1n) is 6.76. The number of carbonyl (C=O) groups excluding carboxylic acids is 1. The highest BCUT2D eigenvalue weighted by atomic mass is 35.5. The van der Waals surface area contributed by atoms with E-state index in [2.05, 4.69) is 6.07 Å². The molecular weight excluding hydrogens is 260 g/mol. The van der Waals surface area contributed by atoms with Gasteiger partial charge in [-0.1, -0.05) is 25.1 Å². The Labute approximate surface area is 121 Å². The van der Waals surface area contributed by atoms with Crippen LogP contribution < -0.4 is 10.6 Å². The summed E-state index contributed by atoms with van der Waals surface area (Å²) in [6.07, 6.45) is 3.27. The number of fused-ring (bicyclic) bond motifs is 1. The summed E-state index contributed by atoms with van der Waals surface area (Å²) < 4.78 is 0. The first kappa shape index (κ1) is 16.0. The lowest BCUT2D eigenvalue weighted by Crippen LogP contribution is -2.42. The monoisotopic (exact) mass is 282 g/mol. The van der Waals surface area contributed by atoms with E-state index in [1.54, 1.807) is 0 Å². The van der Waals surface area contributed by atoms with Gasteiger partial charge in [0, 0.05) is 18.3 Å². The predicted octanol–water partition coefficient (Wildman–Crippen LogP) is 2.76. The zero-order valence-electron chi connectivity index (χ0n) is 11.6.